The lowest BCUT2D eigenvalue weighted by Crippen LogP contribution is -2.21. The quantitative estimate of drug-likeness (QED) is 0.349. The summed E-state index contributed by atoms with van der Waals surface area (Å²) < 4.78 is 38.7. The van der Waals surface area contributed by atoms with Crippen molar-refractivity contribution in [2.75, 3.05) is 36.1 Å². The standard InChI is InChI=1S/C21H18F3N5O3.C4H9N/c1-11-6-7-14(27-18(30)12-4-3-5-13(8-12)21(22,23)24)9-16(11)28-19(31)15-10-26-20(32)29-17(15)25-2;1-2-4-5-3-1/h3-10H,1-2H3,(H,27,30)(H,28,31)(H2,25,26,29,32);5H,1-4H2. The largest absolute Gasteiger partial charge is 0.416 e. The van der Waals surface area contributed by atoms with Gasteiger partial charge >= 0.3 is 11.9 Å². The number of anilines is 3. The SMILES string of the molecule is C1CCNC1.CNc1[nH]c(=O)ncc1C(=O)Nc1cc(NC(=O)c2cccc(C(F)(F)F)c2)ccc1C. The molecule has 1 aromatic heterocycles. The predicted molar refractivity (Wildman–Crippen MR) is 135 cm³/mol. The molecule has 9 nitrogen and oxygen atoms in total. The van der Waals surface area contributed by atoms with Crippen LogP contribution in [0.1, 0.15) is 44.7 Å². The fourth-order valence-corrected chi connectivity index (χ4v) is 3.45. The van der Waals surface area contributed by atoms with Crippen molar-refractivity contribution in [3.05, 3.63) is 81.4 Å². The molecule has 2 heterocycles. The maximum atomic E-state index is 12.9. The third kappa shape index (κ3) is 7.64. The Kier molecular flexibility index (Phi) is 9.01. The zero-order valence-electron chi connectivity index (χ0n) is 20.3. The van der Waals surface area contributed by atoms with Gasteiger partial charge in [-0.1, -0.05) is 12.1 Å². The summed E-state index contributed by atoms with van der Waals surface area (Å²) in [6.07, 6.45) is -0.672. The van der Waals surface area contributed by atoms with Crippen molar-refractivity contribution in [3.8, 4) is 0 Å². The van der Waals surface area contributed by atoms with Gasteiger partial charge in [0.2, 0.25) is 0 Å². The number of aryl methyl sites for hydroxylation is 1. The minimum Gasteiger partial charge on any atom is -0.374 e. The summed E-state index contributed by atoms with van der Waals surface area (Å²) in [5, 5.41) is 11.1. The molecule has 12 heteroatoms. The van der Waals surface area contributed by atoms with E-state index in [9.17, 15) is 27.6 Å². The monoisotopic (exact) mass is 516 g/mol. The second kappa shape index (κ2) is 12.2. The topological polar surface area (TPSA) is 128 Å². The number of amides is 2. The molecule has 3 aromatic rings. The van der Waals surface area contributed by atoms with Crippen LogP contribution in [0.15, 0.2) is 53.5 Å². The van der Waals surface area contributed by atoms with Gasteiger partial charge in [0.1, 0.15) is 5.82 Å². The highest BCUT2D eigenvalue weighted by atomic mass is 19.4. The summed E-state index contributed by atoms with van der Waals surface area (Å²) in [5.41, 5.74) is -0.349. The number of hydrogen-bond donors (Lipinski definition) is 5. The summed E-state index contributed by atoms with van der Waals surface area (Å²) in [6.45, 7) is 4.22. The van der Waals surface area contributed by atoms with Gasteiger partial charge in [-0.15, -0.1) is 0 Å². The van der Waals surface area contributed by atoms with Crippen LogP contribution in [0.2, 0.25) is 0 Å². The molecular formula is C25H27F3N6O3. The van der Waals surface area contributed by atoms with Gasteiger partial charge in [-0.25, -0.2) is 9.78 Å². The third-order valence-corrected chi connectivity index (χ3v) is 5.46. The highest BCUT2D eigenvalue weighted by molar-refractivity contribution is 6.08. The molecule has 2 amide bonds. The van der Waals surface area contributed by atoms with Crippen molar-refractivity contribution < 1.29 is 22.8 Å². The Hall–Kier alpha value is -4.19. The summed E-state index contributed by atoms with van der Waals surface area (Å²) >= 11 is 0. The van der Waals surface area contributed by atoms with E-state index in [4.69, 9.17) is 0 Å². The first-order chi connectivity index (χ1) is 17.6. The van der Waals surface area contributed by atoms with E-state index >= 15 is 0 Å². The van der Waals surface area contributed by atoms with Gasteiger partial charge in [-0.3, -0.25) is 14.6 Å². The molecule has 0 bridgehead atoms. The number of aromatic nitrogens is 2. The molecule has 1 aliphatic rings. The first-order valence-corrected chi connectivity index (χ1v) is 11.5. The van der Waals surface area contributed by atoms with Gasteiger partial charge in [-0.05, 0) is 68.8 Å². The van der Waals surface area contributed by atoms with E-state index in [-0.39, 0.29) is 22.6 Å². The molecule has 196 valence electrons. The molecule has 37 heavy (non-hydrogen) atoms. The minimum atomic E-state index is -4.57. The average Bonchev–Trinajstić information content (AvgIpc) is 3.46. The maximum Gasteiger partial charge on any atom is 0.416 e. The number of H-pyrrole nitrogens is 1. The predicted octanol–water partition coefficient (Wildman–Crippen LogP) is 4.01. The summed E-state index contributed by atoms with van der Waals surface area (Å²) in [5.74, 6) is -1.13. The lowest BCUT2D eigenvalue weighted by Gasteiger charge is -2.13. The van der Waals surface area contributed by atoms with Crippen LogP contribution in [0, 0.1) is 6.92 Å². The number of carbonyl (C=O) groups excluding carboxylic acids is 2. The van der Waals surface area contributed by atoms with Crippen LogP contribution in [0.3, 0.4) is 0 Å². The highest BCUT2D eigenvalue weighted by Gasteiger charge is 2.30. The number of hydrogen-bond acceptors (Lipinski definition) is 6. The van der Waals surface area contributed by atoms with Crippen molar-refractivity contribution in [2.24, 2.45) is 0 Å². The van der Waals surface area contributed by atoms with E-state index in [0.29, 0.717) is 11.3 Å². The van der Waals surface area contributed by atoms with Crippen molar-refractivity contribution in [2.45, 2.75) is 25.9 Å². The zero-order valence-corrected chi connectivity index (χ0v) is 20.3. The Balaban J connectivity index is 0.000000678. The van der Waals surface area contributed by atoms with E-state index in [1.807, 2.05) is 0 Å². The number of nitrogens with zero attached hydrogens (tertiary/aromatic N) is 1. The van der Waals surface area contributed by atoms with Gasteiger partial charge in [0.25, 0.3) is 11.8 Å². The molecule has 0 saturated carbocycles. The smallest absolute Gasteiger partial charge is 0.374 e. The van der Waals surface area contributed by atoms with Gasteiger partial charge in [0.15, 0.2) is 0 Å². The number of rotatable bonds is 5. The molecule has 1 fully saturated rings. The second-order valence-corrected chi connectivity index (χ2v) is 8.20. The number of nitrogens with one attached hydrogen (secondary N) is 5. The van der Waals surface area contributed by atoms with Crippen LogP contribution in [-0.2, 0) is 6.18 Å². The van der Waals surface area contributed by atoms with Crippen molar-refractivity contribution in [1.29, 1.82) is 0 Å². The minimum absolute atomic E-state index is 0.0879. The summed E-state index contributed by atoms with van der Waals surface area (Å²) in [4.78, 5) is 42.3. The van der Waals surface area contributed by atoms with Crippen LogP contribution >= 0.6 is 0 Å². The molecule has 1 saturated heterocycles. The number of benzene rings is 2. The molecule has 4 rings (SSSR count). The normalized spacial score (nSPS) is 12.8. The maximum absolute atomic E-state index is 12.9. The van der Waals surface area contributed by atoms with Gasteiger partial charge in [-0.2, -0.15) is 13.2 Å². The van der Waals surface area contributed by atoms with Gasteiger partial charge in [0.05, 0.1) is 11.1 Å². The first kappa shape index (κ1) is 27.4. The van der Waals surface area contributed by atoms with Crippen LogP contribution in [0.5, 0.6) is 0 Å². The van der Waals surface area contributed by atoms with Crippen LogP contribution in [0.4, 0.5) is 30.4 Å². The Morgan fingerprint density at radius 3 is 2.35 bits per heavy atom. The molecule has 0 radical (unpaired) electrons. The fraction of sp³-hybridized carbons (Fsp3) is 0.280. The van der Waals surface area contributed by atoms with Crippen LogP contribution in [0.25, 0.3) is 0 Å². The molecule has 0 spiro atoms. The molecular weight excluding hydrogens is 489 g/mol. The number of halogens is 3. The van der Waals surface area contributed by atoms with E-state index in [2.05, 4.69) is 31.2 Å². The molecule has 2 aromatic carbocycles. The number of alkyl halides is 3. The fourth-order valence-electron chi connectivity index (χ4n) is 3.45. The van der Waals surface area contributed by atoms with E-state index in [1.54, 1.807) is 19.1 Å². The van der Waals surface area contributed by atoms with Crippen molar-refractivity contribution in [3.63, 3.8) is 0 Å². The van der Waals surface area contributed by atoms with Gasteiger partial charge < -0.3 is 21.3 Å². The van der Waals surface area contributed by atoms with Crippen molar-refractivity contribution >= 4 is 29.0 Å². The number of carbonyl (C=O) groups is 2. The van der Waals surface area contributed by atoms with Gasteiger partial charge in [0, 0.05) is 30.2 Å². The highest BCUT2D eigenvalue weighted by Crippen LogP contribution is 2.30. The first-order valence-electron chi connectivity index (χ1n) is 11.5. The van der Waals surface area contributed by atoms with Crippen molar-refractivity contribution in [1.82, 2.24) is 15.3 Å². The molecule has 0 aliphatic carbocycles. The Morgan fingerprint density at radius 1 is 1.00 bits per heavy atom. The molecule has 0 unspecified atom stereocenters. The Morgan fingerprint density at radius 2 is 1.73 bits per heavy atom. The van der Waals surface area contributed by atoms with Crippen LogP contribution < -0.4 is 27.0 Å². The molecule has 1 aliphatic heterocycles. The summed E-state index contributed by atoms with van der Waals surface area (Å²) in [7, 11) is 1.53. The lowest BCUT2D eigenvalue weighted by molar-refractivity contribution is -0.137. The summed E-state index contributed by atoms with van der Waals surface area (Å²) in [6, 6.07) is 8.70. The zero-order chi connectivity index (χ0) is 27.0. The van der Waals surface area contributed by atoms with E-state index in [1.165, 1.54) is 45.1 Å². The lowest BCUT2D eigenvalue weighted by atomic mass is 10.1. The van der Waals surface area contributed by atoms with E-state index in [0.717, 1.165) is 24.4 Å². The number of aromatic amines is 1. The van der Waals surface area contributed by atoms with E-state index < -0.39 is 29.2 Å². The Labute approximate surface area is 210 Å². The molecule has 5 N–H and O–H groups in total. The molecule has 0 atom stereocenters. The Bertz CT molecular complexity index is 1310. The van der Waals surface area contributed by atoms with Crippen LogP contribution in [-0.4, -0.2) is 41.9 Å². The average molecular weight is 517 g/mol. The second-order valence-electron chi connectivity index (χ2n) is 8.20. The third-order valence-electron chi connectivity index (χ3n) is 5.46.